The molecule has 0 aliphatic rings. The highest BCUT2D eigenvalue weighted by molar-refractivity contribution is 6.31. The van der Waals surface area contributed by atoms with Crippen molar-refractivity contribution < 1.29 is 14.3 Å². The highest BCUT2D eigenvalue weighted by Gasteiger charge is 2.12. The second-order valence-electron chi connectivity index (χ2n) is 6.42. The van der Waals surface area contributed by atoms with Crippen LogP contribution in [0, 0.1) is 6.92 Å². The van der Waals surface area contributed by atoms with Gasteiger partial charge in [0.15, 0.2) is 0 Å². The number of nitrogens with one attached hydrogen (secondary N) is 1. The standard InChI is InChI=1S/C23H21Cl2NO3/c1-3-28-22-10-7-16(23(27)26-19-6-4-5-18(24)13-19)12-17(22)14-29-20-8-9-21(25)15(2)11-20/h4-13H,3,14H2,1-2H3,(H,26,27). The number of anilines is 1. The van der Waals surface area contributed by atoms with Crippen LogP contribution in [0.1, 0.15) is 28.4 Å². The number of hydrogen-bond acceptors (Lipinski definition) is 3. The van der Waals surface area contributed by atoms with Crippen molar-refractivity contribution in [3.63, 3.8) is 0 Å². The number of hydrogen-bond donors (Lipinski definition) is 1. The molecule has 0 saturated carbocycles. The van der Waals surface area contributed by atoms with E-state index in [9.17, 15) is 4.79 Å². The van der Waals surface area contributed by atoms with Gasteiger partial charge in [0.05, 0.1) is 6.61 Å². The van der Waals surface area contributed by atoms with Gasteiger partial charge in [-0.2, -0.15) is 0 Å². The molecule has 0 spiro atoms. The molecule has 0 unspecified atom stereocenters. The first-order chi connectivity index (χ1) is 14.0. The van der Waals surface area contributed by atoms with Crippen molar-refractivity contribution in [1.29, 1.82) is 0 Å². The normalized spacial score (nSPS) is 10.5. The van der Waals surface area contributed by atoms with E-state index in [1.54, 1.807) is 48.5 Å². The maximum atomic E-state index is 12.7. The van der Waals surface area contributed by atoms with Gasteiger partial charge in [-0.3, -0.25) is 4.79 Å². The fourth-order valence-electron chi connectivity index (χ4n) is 2.77. The summed E-state index contributed by atoms with van der Waals surface area (Å²) in [6, 6.07) is 17.8. The third-order valence-corrected chi connectivity index (χ3v) is 4.89. The van der Waals surface area contributed by atoms with Gasteiger partial charge in [0.1, 0.15) is 18.1 Å². The first kappa shape index (κ1) is 21.0. The van der Waals surface area contributed by atoms with E-state index in [-0.39, 0.29) is 12.5 Å². The first-order valence-electron chi connectivity index (χ1n) is 9.18. The van der Waals surface area contributed by atoms with E-state index < -0.39 is 0 Å². The van der Waals surface area contributed by atoms with Gasteiger partial charge in [-0.05, 0) is 74.0 Å². The fourth-order valence-corrected chi connectivity index (χ4v) is 3.08. The van der Waals surface area contributed by atoms with Crippen LogP contribution >= 0.6 is 23.2 Å². The largest absolute Gasteiger partial charge is 0.493 e. The van der Waals surface area contributed by atoms with Crippen molar-refractivity contribution in [2.24, 2.45) is 0 Å². The van der Waals surface area contributed by atoms with Crippen molar-refractivity contribution in [3.05, 3.63) is 87.4 Å². The van der Waals surface area contributed by atoms with Gasteiger partial charge in [-0.15, -0.1) is 0 Å². The molecule has 0 heterocycles. The molecule has 0 aromatic heterocycles. The van der Waals surface area contributed by atoms with E-state index >= 15 is 0 Å². The fraction of sp³-hybridized carbons (Fsp3) is 0.174. The predicted molar refractivity (Wildman–Crippen MR) is 118 cm³/mol. The van der Waals surface area contributed by atoms with Gasteiger partial charge >= 0.3 is 0 Å². The second-order valence-corrected chi connectivity index (χ2v) is 7.26. The third-order valence-electron chi connectivity index (χ3n) is 4.23. The molecule has 4 nitrogen and oxygen atoms in total. The van der Waals surface area contributed by atoms with E-state index in [0.29, 0.717) is 39.4 Å². The zero-order chi connectivity index (χ0) is 20.8. The van der Waals surface area contributed by atoms with E-state index in [1.807, 2.05) is 26.0 Å². The van der Waals surface area contributed by atoms with Crippen LogP contribution < -0.4 is 14.8 Å². The summed E-state index contributed by atoms with van der Waals surface area (Å²) in [4.78, 5) is 12.7. The molecule has 3 rings (SSSR count). The SMILES string of the molecule is CCOc1ccc(C(=O)Nc2cccc(Cl)c2)cc1COc1ccc(Cl)c(C)c1. The lowest BCUT2D eigenvalue weighted by Crippen LogP contribution is -2.13. The first-order valence-corrected chi connectivity index (χ1v) is 9.93. The van der Waals surface area contributed by atoms with E-state index in [1.165, 1.54) is 0 Å². The molecule has 150 valence electrons. The molecular weight excluding hydrogens is 409 g/mol. The molecule has 3 aromatic carbocycles. The number of rotatable bonds is 7. The minimum atomic E-state index is -0.237. The van der Waals surface area contributed by atoms with Crippen LogP contribution in [-0.2, 0) is 6.61 Å². The zero-order valence-corrected chi connectivity index (χ0v) is 17.7. The third kappa shape index (κ3) is 5.66. The lowest BCUT2D eigenvalue weighted by molar-refractivity contribution is 0.102. The molecule has 6 heteroatoms. The lowest BCUT2D eigenvalue weighted by Gasteiger charge is -2.14. The number of aryl methyl sites for hydroxylation is 1. The predicted octanol–water partition coefficient (Wildman–Crippen LogP) is 6.53. The average Bonchev–Trinajstić information content (AvgIpc) is 2.70. The Labute approximate surface area is 180 Å². The van der Waals surface area contributed by atoms with Crippen molar-refractivity contribution >= 4 is 34.8 Å². The lowest BCUT2D eigenvalue weighted by atomic mass is 10.1. The minimum absolute atomic E-state index is 0.237. The summed E-state index contributed by atoms with van der Waals surface area (Å²) in [5, 5.41) is 4.09. The number of benzene rings is 3. The van der Waals surface area contributed by atoms with Crippen LogP contribution in [0.2, 0.25) is 10.0 Å². The maximum Gasteiger partial charge on any atom is 0.255 e. The van der Waals surface area contributed by atoms with Crippen molar-refractivity contribution in [2.45, 2.75) is 20.5 Å². The molecule has 0 bridgehead atoms. The van der Waals surface area contributed by atoms with Gasteiger partial charge in [0, 0.05) is 26.9 Å². The Kier molecular flexibility index (Phi) is 7.02. The quantitative estimate of drug-likeness (QED) is 0.464. The highest BCUT2D eigenvalue weighted by Crippen LogP contribution is 2.26. The minimum Gasteiger partial charge on any atom is -0.493 e. The van der Waals surface area contributed by atoms with Crippen LogP contribution in [0.15, 0.2) is 60.7 Å². The molecule has 0 aliphatic heterocycles. The number of halogens is 2. The van der Waals surface area contributed by atoms with Gasteiger partial charge in [0.25, 0.3) is 5.91 Å². The van der Waals surface area contributed by atoms with Crippen molar-refractivity contribution in [1.82, 2.24) is 0 Å². The number of carbonyl (C=O) groups excluding carboxylic acids is 1. The van der Waals surface area contributed by atoms with Crippen LogP contribution in [-0.4, -0.2) is 12.5 Å². The Morgan fingerprint density at radius 1 is 1.00 bits per heavy atom. The van der Waals surface area contributed by atoms with Crippen LogP contribution in [0.5, 0.6) is 11.5 Å². The highest BCUT2D eigenvalue weighted by atomic mass is 35.5. The molecule has 0 atom stereocenters. The topological polar surface area (TPSA) is 47.6 Å². The van der Waals surface area contributed by atoms with E-state index in [2.05, 4.69) is 5.32 Å². The van der Waals surface area contributed by atoms with E-state index in [0.717, 1.165) is 11.1 Å². The molecular formula is C23H21Cl2NO3. The Morgan fingerprint density at radius 3 is 2.55 bits per heavy atom. The summed E-state index contributed by atoms with van der Waals surface area (Å²) in [6.45, 7) is 4.60. The number of carbonyl (C=O) groups is 1. The number of amides is 1. The van der Waals surface area contributed by atoms with E-state index in [4.69, 9.17) is 32.7 Å². The molecule has 0 radical (unpaired) electrons. The van der Waals surface area contributed by atoms with Crippen molar-refractivity contribution in [3.8, 4) is 11.5 Å². The summed E-state index contributed by atoms with van der Waals surface area (Å²) >= 11 is 12.1. The molecule has 3 aromatic rings. The molecule has 29 heavy (non-hydrogen) atoms. The zero-order valence-electron chi connectivity index (χ0n) is 16.2. The maximum absolute atomic E-state index is 12.7. The van der Waals surface area contributed by atoms with Gasteiger partial charge in [0.2, 0.25) is 0 Å². The Balaban J connectivity index is 1.79. The summed E-state index contributed by atoms with van der Waals surface area (Å²) in [7, 11) is 0. The van der Waals surface area contributed by atoms with Crippen molar-refractivity contribution in [2.75, 3.05) is 11.9 Å². The molecule has 0 aliphatic carbocycles. The second kappa shape index (κ2) is 9.68. The average molecular weight is 430 g/mol. The monoisotopic (exact) mass is 429 g/mol. The number of ether oxygens (including phenoxy) is 2. The van der Waals surface area contributed by atoms with Crippen LogP contribution in [0.3, 0.4) is 0 Å². The van der Waals surface area contributed by atoms with Gasteiger partial charge in [-0.25, -0.2) is 0 Å². The smallest absolute Gasteiger partial charge is 0.255 e. The van der Waals surface area contributed by atoms with Gasteiger partial charge in [-0.1, -0.05) is 29.3 Å². The summed E-state index contributed by atoms with van der Waals surface area (Å²) in [6.07, 6.45) is 0. The molecule has 0 saturated heterocycles. The molecule has 1 N–H and O–H groups in total. The summed E-state index contributed by atoms with van der Waals surface area (Å²) in [5.74, 6) is 1.14. The Bertz CT molecular complexity index is 1020. The van der Waals surface area contributed by atoms with Gasteiger partial charge < -0.3 is 14.8 Å². The summed E-state index contributed by atoms with van der Waals surface area (Å²) in [5.41, 5.74) is 2.84. The molecule has 1 amide bonds. The van der Waals surface area contributed by atoms with Crippen LogP contribution in [0.25, 0.3) is 0 Å². The molecule has 0 fully saturated rings. The summed E-state index contributed by atoms with van der Waals surface area (Å²) < 4.78 is 11.6. The Morgan fingerprint density at radius 2 is 1.83 bits per heavy atom. The Hall–Kier alpha value is -2.69. The van der Waals surface area contributed by atoms with Crippen LogP contribution in [0.4, 0.5) is 5.69 Å².